The number of benzene rings is 2. The second-order valence-electron chi connectivity index (χ2n) is 8.34. The monoisotopic (exact) mass is 452 g/mol. The van der Waals surface area contributed by atoms with E-state index in [2.05, 4.69) is 17.1 Å². The van der Waals surface area contributed by atoms with Gasteiger partial charge >= 0.3 is 0 Å². The van der Waals surface area contributed by atoms with Crippen molar-refractivity contribution in [2.24, 2.45) is 0 Å². The van der Waals surface area contributed by atoms with E-state index in [0.717, 1.165) is 44.7 Å². The lowest BCUT2D eigenvalue weighted by Gasteiger charge is -2.36. The first-order chi connectivity index (χ1) is 16.0. The Labute approximate surface area is 194 Å². The molecule has 0 aliphatic carbocycles. The van der Waals surface area contributed by atoms with Crippen LogP contribution in [0.3, 0.4) is 0 Å². The number of anilines is 2. The van der Waals surface area contributed by atoms with Crippen LogP contribution in [0.1, 0.15) is 55.8 Å². The van der Waals surface area contributed by atoms with Crippen molar-refractivity contribution in [1.82, 2.24) is 4.90 Å². The maximum Gasteiger partial charge on any atom is 0.269 e. The number of nitro benzene ring substituents is 1. The molecular weight excluding hydrogens is 420 g/mol. The van der Waals surface area contributed by atoms with E-state index in [1.54, 1.807) is 0 Å². The molecule has 0 saturated carbocycles. The highest BCUT2D eigenvalue weighted by Gasteiger charge is 2.21. The van der Waals surface area contributed by atoms with Crippen LogP contribution in [0.5, 0.6) is 0 Å². The molecule has 0 bridgehead atoms. The van der Waals surface area contributed by atoms with Gasteiger partial charge in [-0.15, -0.1) is 0 Å². The molecule has 33 heavy (non-hydrogen) atoms. The van der Waals surface area contributed by atoms with Crippen molar-refractivity contribution in [1.29, 1.82) is 0 Å². The molecule has 176 valence electrons. The zero-order chi connectivity index (χ0) is 23.6. The third kappa shape index (κ3) is 7.03. The van der Waals surface area contributed by atoms with E-state index in [4.69, 9.17) is 0 Å². The largest absolute Gasteiger partial charge is 0.368 e. The van der Waals surface area contributed by atoms with Crippen molar-refractivity contribution in [3.8, 4) is 0 Å². The summed E-state index contributed by atoms with van der Waals surface area (Å²) in [6.07, 6.45) is 6.42. The normalized spacial score (nSPS) is 13.6. The van der Waals surface area contributed by atoms with E-state index >= 15 is 0 Å². The minimum Gasteiger partial charge on any atom is -0.368 e. The minimum atomic E-state index is -0.495. The van der Waals surface area contributed by atoms with Crippen molar-refractivity contribution in [2.45, 2.75) is 45.4 Å². The number of rotatable bonds is 10. The van der Waals surface area contributed by atoms with Crippen LogP contribution in [0.25, 0.3) is 0 Å². The van der Waals surface area contributed by atoms with Crippen LogP contribution in [0.2, 0.25) is 0 Å². The van der Waals surface area contributed by atoms with Crippen LogP contribution >= 0.6 is 0 Å². The smallest absolute Gasteiger partial charge is 0.269 e. The van der Waals surface area contributed by atoms with Gasteiger partial charge in [0, 0.05) is 61.7 Å². The van der Waals surface area contributed by atoms with E-state index in [1.807, 2.05) is 29.2 Å². The number of nitrogens with zero attached hydrogens (tertiary/aromatic N) is 3. The standard InChI is InChI=1S/C25H32N4O4/c1-2-3-4-5-6-7-24(30)28-18-16-27(17-19-28)22-14-10-21(11-15-22)26-25(31)20-8-12-23(13-9-20)29(32)33/h8-15H,2-7,16-19H2,1H3,(H,26,31). The van der Waals surface area contributed by atoms with Gasteiger partial charge < -0.3 is 15.1 Å². The van der Waals surface area contributed by atoms with Gasteiger partial charge in [0.05, 0.1) is 4.92 Å². The van der Waals surface area contributed by atoms with Gasteiger partial charge in [0.25, 0.3) is 11.6 Å². The van der Waals surface area contributed by atoms with Crippen molar-refractivity contribution in [3.05, 3.63) is 64.2 Å². The number of amides is 2. The van der Waals surface area contributed by atoms with E-state index in [0.29, 0.717) is 17.7 Å². The Balaban J connectivity index is 1.45. The lowest BCUT2D eigenvalue weighted by atomic mass is 10.1. The minimum absolute atomic E-state index is 0.0512. The van der Waals surface area contributed by atoms with E-state index in [9.17, 15) is 19.7 Å². The summed E-state index contributed by atoms with van der Waals surface area (Å²) in [7, 11) is 0. The maximum atomic E-state index is 12.4. The summed E-state index contributed by atoms with van der Waals surface area (Å²) < 4.78 is 0. The Morgan fingerprint density at radius 3 is 2.15 bits per heavy atom. The number of piperazine rings is 1. The molecule has 8 heteroatoms. The highest BCUT2D eigenvalue weighted by Crippen LogP contribution is 2.21. The number of nitrogens with one attached hydrogen (secondary N) is 1. The molecule has 1 heterocycles. The lowest BCUT2D eigenvalue weighted by molar-refractivity contribution is -0.384. The highest BCUT2D eigenvalue weighted by molar-refractivity contribution is 6.04. The molecule has 8 nitrogen and oxygen atoms in total. The van der Waals surface area contributed by atoms with Crippen molar-refractivity contribution >= 4 is 28.9 Å². The molecule has 2 aromatic carbocycles. The van der Waals surface area contributed by atoms with Crippen molar-refractivity contribution in [2.75, 3.05) is 36.4 Å². The first-order valence-electron chi connectivity index (χ1n) is 11.7. The fourth-order valence-corrected chi connectivity index (χ4v) is 3.95. The molecule has 0 spiro atoms. The predicted molar refractivity (Wildman–Crippen MR) is 130 cm³/mol. The van der Waals surface area contributed by atoms with Crippen LogP contribution < -0.4 is 10.2 Å². The topological polar surface area (TPSA) is 95.8 Å². The van der Waals surface area contributed by atoms with Crippen LogP contribution in [-0.4, -0.2) is 47.8 Å². The summed E-state index contributed by atoms with van der Waals surface area (Å²) in [5, 5.41) is 13.6. The molecule has 3 rings (SSSR count). The second-order valence-corrected chi connectivity index (χ2v) is 8.34. The fraction of sp³-hybridized carbons (Fsp3) is 0.440. The summed E-state index contributed by atoms with van der Waals surface area (Å²) in [6, 6.07) is 13.1. The predicted octanol–water partition coefficient (Wildman–Crippen LogP) is 4.86. The summed E-state index contributed by atoms with van der Waals surface area (Å²) in [6.45, 7) is 5.22. The molecule has 2 amide bonds. The molecule has 0 atom stereocenters. The highest BCUT2D eigenvalue weighted by atomic mass is 16.6. The summed E-state index contributed by atoms with van der Waals surface area (Å²) in [5.41, 5.74) is 2.01. The van der Waals surface area contributed by atoms with E-state index in [-0.39, 0.29) is 17.5 Å². The van der Waals surface area contributed by atoms with Gasteiger partial charge in [0.1, 0.15) is 0 Å². The summed E-state index contributed by atoms with van der Waals surface area (Å²) >= 11 is 0. The Morgan fingerprint density at radius 2 is 1.55 bits per heavy atom. The fourth-order valence-electron chi connectivity index (χ4n) is 3.95. The third-order valence-corrected chi connectivity index (χ3v) is 5.96. The molecular formula is C25H32N4O4. The van der Waals surface area contributed by atoms with Gasteiger partial charge in [-0.25, -0.2) is 0 Å². The third-order valence-electron chi connectivity index (χ3n) is 5.96. The molecule has 0 aromatic heterocycles. The van der Waals surface area contributed by atoms with E-state index < -0.39 is 4.92 Å². The van der Waals surface area contributed by atoms with Crippen LogP contribution in [0.15, 0.2) is 48.5 Å². The van der Waals surface area contributed by atoms with Crippen LogP contribution in [0.4, 0.5) is 17.1 Å². The Hall–Kier alpha value is -3.42. The number of carbonyl (C=O) groups excluding carboxylic acids is 2. The van der Waals surface area contributed by atoms with Gasteiger partial charge in [-0.05, 0) is 42.8 Å². The average Bonchev–Trinajstić information content (AvgIpc) is 2.84. The number of nitro groups is 1. The lowest BCUT2D eigenvalue weighted by Crippen LogP contribution is -2.48. The number of hydrogen-bond donors (Lipinski definition) is 1. The molecule has 1 fully saturated rings. The number of non-ortho nitro benzene ring substituents is 1. The average molecular weight is 453 g/mol. The summed E-state index contributed by atoms with van der Waals surface area (Å²) in [4.78, 5) is 39.3. The Morgan fingerprint density at radius 1 is 0.909 bits per heavy atom. The molecule has 0 radical (unpaired) electrons. The number of hydrogen-bond acceptors (Lipinski definition) is 5. The second kappa shape index (κ2) is 12.0. The molecule has 2 aromatic rings. The van der Waals surface area contributed by atoms with E-state index in [1.165, 1.54) is 43.5 Å². The van der Waals surface area contributed by atoms with Gasteiger partial charge in [-0.1, -0.05) is 32.6 Å². The molecule has 1 aliphatic heterocycles. The van der Waals surface area contributed by atoms with Crippen molar-refractivity contribution in [3.63, 3.8) is 0 Å². The molecule has 0 unspecified atom stereocenters. The van der Waals surface area contributed by atoms with Gasteiger partial charge in [0.15, 0.2) is 0 Å². The van der Waals surface area contributed by atoms with Gasteiger partial charge in [-0.2, -0.15) is 0 Å². The number of unbranched alkanes of at least 4 members (excludes halogenated alkanes) is 4. The molecule has 1 aliphatic rings. The quantitative estimate of drug-likeness (QED) is 0.316. The van der Waals surface area contributed by atoms with Crippen LogP contribution in [0, 0.1) is 10.1 Å². The van der Waals surface area contributed by atoms with Crippen molar-refractivity contribution < 1.29 is 14.5 Å². The zero-order valence-electron chi connectivity index (χ0n) is 19.2. The first-order valence-corrected chi connectivity index (χ1v) is 11.7. The molecule has 1 N–H and O–H groups in total. The Kier molecular flexibility index (Phi) is 8.80. The van der Waals surface area contributed by atoms with Gasteiger partial charge in [-0.3, -0.25) is 19.7 Å². The SMILES string of the molecule is CCCCCCCC(=O)N1CCN(c2ccc(NC(=O)c3ccc([N+](=O)[O-])cc3)cc2)CC1. The molecule has 1 saturated heterocycles. The maximum absolute atomic E-state index is 12.4. The van der Waals surface area contributed by atoms with Crippen LogP contribution in [-0.2, 0) is 4.79 Å². The van der Waals surface area contributed by atoms with Gasteiger partial charge in [0.2, 0.25) is 5.91 Å². The zero-order valence-corrected chi connectivity index (χ0v) is 19.2. The number of carbonyl (C=O) groups is 2. The Bertz CT molecular complexity index is 936. The first kappa shape index (κ1) is 24.2. The summed E-state index contributed by atoms with van der Waals surface area (Å²) in [5.74, 6) is -0.0603.